The van der Waals surface area contributed by atoms with Gasteiger partial charge >= 0.3 is 0 Å². The molecule has 3 fully saturated rings. The summed E-state index contributed by atoms with van der Waals surface area (Å²) in [6.07, 6.45) is 6.69. The number of nitrogens with zero attached hydrogens (tertiary/aromatic N) is 2. The Balaban J connectivity index is 1.48. The zero-order valence-corrected chi connectivity index (χ0v) is 12.0. The molecule has 7 heteroatoms. The highest BCUT2D eigenvalue weighted by molar-refractivity contribution is 7.89. The second kappa shape index (κ2) is 4.29. The molecule has 0 saturated heterocycles. The highest BCUT2D eigenvalue weighted by atomic mass is 32.2. The molecule has 110 valence electrons. The minimum atomic E-state index is -3.47. The zero-order valence-electron chi connectivity index (χ0n) is 11.1. The molecular formula is C13H19N3O3S. The van der Waals surface area contributed by atoms with Crippen LogP contribution in [0.5, 0.6) is 0 Å². The lowest BCUT2D eigenvalue weighted by Crippen LogP contribution is -2.29. The van der Waals surface area contributed by atoms with Gasteiger partial charge in [0.05, 0.1) is 19.3 Å². The smallest absolute Gasteiger partial charge is 0.243 e. The van der Waals surface area contributed by atoms with Gasteiger partial charge < -0.3 is 5.11 Å². The zero-order chi connectivity index (χ0) is 13.9. The third kappa shape index (κ3) is 1.83. The van der Waals surface area contributed by atoms with Gasteiger partial charge in [0.2, 0.25) is 10.0 Å². The fraction of sp³-hybridized carbons (Fsp3) is 0.769. The summed E-state index contributed by atoms with van der Waals surface area (Å²) in [6, 6.07) is 0.146. The molecular weight excluding hydrogens is 278 g/mol. The summed E-state index contributed by atoms with van der Waals surface area (Å²) in [4.78, 5) is 0.197. The van der Waals surface area contributed by atoms with Crippen LogP contribution in [0, 0.1) is 23.7 Å². The number of hydrogen-bond acceptors (Lipinski definition) is 4. The Morgan fingerprint density at radius 1 is 1.35 bits per heavy atom. The van der Waals surface area contributed by atoms with E-state index in [1.165, 1.54) is 36.3 Å². The Morgan fingerprint density at radius 3 is 2.70 bits per heavy atom. The molecule has 0 radical (unpaired) electrons. The van der Waals surface area contributed by atoms with E-state index in [0.29, 0.717) is 18.4 Å². The number of sulfonamides is 1. The van der Waals surface area contributed by atoms with Crippen LogP contribution in [0.15, 0.2) is 17.3 Å². The Hall–Kier alpha value is -0.920. The standard InChI is InChI=1S/C13H19N3O3S/c17-4-3-16-7-10(6-14-16)20(18,19)15-13-11-8-1-2-9(5-8)12(11)13/h6-9,11-13,15,17H,1-5H2. The molecule has 0 aliphatic heterocycles. The lowest BCUT2D eigenvalue weighted by Gasteiger charge is -2.10. The number of nitrogens with one attached hydrogen (secondary N) is 1. The van der Waals surface area contributed by atoms with Crippen LogP contribution in [-0.2, 0) is 16.6 Å². The number of aliphatic hydroxyl groups excluding tert-OH is 1. The van der Waals surface area contributed by atoms with Crippen molar-refractivity contribution in [3.63, 3.8) is 0 Å². The lowest BCUT2D eigenvalue weighted by molar-refractivity contribution is 0.269. The normalized spacial score (nSPS) is 38.1. The van der Waals surface area contributed by atoms with Gasteiger partial charge in [0, 0.05) is 12.2 Å². The molecule has 1 aromatic rings. The van der Waals surface area contributed by atoms with Crippen molar-refractivity contribution in [2.24, 2.45) is 23.7 Å². The van der Waals surface area contributed by atoms with E-state index in [1.807, 2.05) is 0 Å². The molecule has 0 amide bonds. The quantitative estimate of drug-likeness (QED) is 0.813. The van der Waals surface area contributed by atoms with Crippen molar-refractivity contribution in [3.8, 4) is 0 Å². The van der Waals surface area contributed by atoms with E-state index in [9.17, 15) is 8.42 Å². The summed E-state index contributed by atoms with van der Waals surface area (Å²) >= 11 is 0. The third-order valence-electron chi connectivity index (χ3n) is 5.28. The molecule has 1 aromatic heterocycles. The van der Waals surface area contributed by atoms with Crippen molar-refractivity contribution < 1.29 is 13.5 Å². The summed E-state index contributed by atoms with van der Waals surface area (Å²) in [5.74, 6) is 2.65. The second-order valence-corrected chi connectivity index (χ2v) is 8.01. The van der Waals surface area contributed by atoms with Crippen LogP contribution in [0.1, 0.15) is 19.3 Å². The molecule has 4 rings (SSSR count). The van der Waals surface area contributed by atoms with Crippen LogP contribution in [0.4, 0.5) is 0 Å². The molecule has 3 aliphatic rings. The molecule has 4 atom stereocenters. The maximum atomic E-state index is 12.3. The van der Waals surface area contributed by atoms with Crippen LogP contribution in [0.25, 0.3) is 0 Å². The van der Waals surface area contributed by atoms with Gasteiger partial charge in [-0.15, -0.1) is 0 Å². The fourth-order valence-electron chi connectivity index (χ4n) is 4.44. The van der Waals surface area contributed by atoms with Gasteiger partial charge in [0.25, 0.3) is 0 Å². The van der Waals surface area contributed by atoms with Crippen LogP contribution in [-0.4, -0.2) is 36.0 Å². The Morgan fingerprint density at radius 2 is 2.05 bits per heavy atom. The first-order chi connectivity index (χ1) is 9.60. The first-order valence-electron chi connectivity index (χ1n) is 7.26. The van der Waals surface area contributed by atoms with Gasteiger partial charge in [-0.3, -0.25) is 4.68 Å². The van der Waals surface area contributed by atoms with Crippen LogP contribution >= 0.6 is 0 Å². The van der Waals surface area contributed by atoms with E-state index in [2.05, 4.69) is 9.82 Å². The SMILES string of the molecule is O=S(=O)(NC1C2C3CCC(C3)C12)c1cnn(CCO)c1. The molecule has 6 nitrogen and oxygen atoms in total. The van der Waals surface area contributed by atoms with Crippen molar-refractivity contribution >= 4 is 10.0 Å². The highest BCUT2D eigenvalue weighted by Gasteiger charge is 2.65. The average Bonchev–Trinajstić information content (AvgIpc) is 2.84. The number of aliphatic hydroxyl groups is 1. The number of rotatable bonds is 5. The predicted molar refractivity (Wildman–Crippen MR) is 71.2 cm³/mol. The van der Waals surface area contributed by atoms with Crippen molar-refractivity contribution in [2.75, 3.05) is 6.61 Å². The molecule has 2 bridgehead atoms. The van der Waals surface area contributed by atoms with E-state index in [0.717, 1.165) is 11.8 Å². The van der Waals surface area contributed by atoms with Crippen molar-refractivity contribution in [1.29, 1.82) is 0 Å². The van der Waals surface area contributed by atoms with Crippen LogP contribution in [0.2, 0.25) is 0 Å². The minimum Gasteiger partial charge on any atom is -0.394 e. The third-order valence-corrected chi connectivity index (χ3v) is 6.69. The van der Waals surface area contributed by atoms with Crippen molar-refractivity contribution in [3.05, 3.63) is 12.4 Å². The van der Waals surface area contributed by atoms with Crippen molar-refractivity contribution in [1.82, 2.24) is 14.5 Å². The fourth-order valence-corrected chi connectivity index (χ4v) is 5.69. The van der Waals surface area contributed by atoms with Crippen LogP contribution in [0.3, 0.4) is 0 Å². The van der Waals surface area contributed by atoms with Gasteiger partial charge in [0.15, 0.2) is 0 Å². The minimum absolute atomic E-state index is 0.0509. The molecule has 2 N–H and O–H groups in total. The molecule has 3 aliphatic carbocycles. The first kappa shape index (κ1) is 12.8. The Bertz CT molecular complexity index is 611. The van der Waals surface area contributed by atoms with E-state index in [-0.39, 0.29) is 17.5 Å². The number of aromatic nitrogens is 2. The summed E-state index contributed by atoms with van der Waals surface area (Å²) in [6.45, 7) is 0.263. The lowest BCUT2D eigenvalue weighted by atomic mass is 10.0. The highest BCUT2D eigenvalue weighted by Crippen LogP contribution is 2.65. The average molecular weight is 297 g/mol. The Labute approximate surface area is 118 Å². The van der Waals surface area contributed by atoms with E-state index < -0.39 is 10.0 Å². The van der Waals surface area contributed by atoms with Crippen LogP contribution < -0.4 is 4.72 Å². The molecule has 20 heavy (non-hydrogen) atoms. The molecule has 4 unspecified atom stereocenters. The number of hydrogen-bond donors (Lipinski definition) is 2. The first-order valence-corrected chi connectivity index (χ1v) is 8.74. The topological polar surface area (TPSA) is 84.2 Å². The maximum Gasteiger partial charge on any atom is 0.243 e. The van der Waals surface area contributed by atoms with E-state index in [4.69, 9.17) is 5.11 Å². The molecule has 0 spiro atoms. The number of fused-ring (bicyclic) bond motifs is 5. The van der Waals surface area contributed by atoms with Gasteiger partial charge in [-0.05, 0) is 42.9 Å². The van der Waals surface area contributed by atoms with E-state index >= 15 is 0 Å². The summed E-state index contributed by atoms with van der Waals surface area (Å²) < 4.78 is 29.0. The molecule has 1 heterocycles. The molecule has 0 aromatic carbocycles. The molecule has 3 saturated carbocycles. The second-order valence-electron chi connectivity index (χ2n) is 6.30. The monoisotopic (exact) mass is 297 g/mol. The summed E-state index contributed by atoms with van der Waals surface area (Å²) in [5, 5.41) is 12.8. The van der Waals surface area contributed by atoms with Gasteiger partial charge in [0.1, 0.15) is 4.90 Å². The van der Waals surface area contributed by atoms with Gasteiger partial charge in [-0.25, -0.2) is 13.1 Å². The predicted octanol–water partition coefficient (Wildman–Crippen LogP) is 0.198. The van der Waals surface area contributed by atoms with Crippen molar-refractivity contribution in [2.45, 2.75) is 36.7 Å². The maximum absolute atomic E-state index is 12.3. The summed E-state index contributed by atoms with van der Waals surface area (Å²) in [5.41, 5.74) is 0. The Kier molecular flexibility index (Phi) is 2.74. The van der Waals surface area contributed by atoms with Gasteiger partial charge in [-0.2, -0.15) is 5.10 Å². The summed E-state index contributed by atoms with van der Waals surface area (Å²) in [7, 11) is -3.47. The van der Waals surface area contributed by atoms with E-state index in [1.54, 1.807) is 0 Å². The largest absolute Gasteiger partial charge is 0.394 e. The van der Waals surface area contributed by atoms with Gasteiger partial charge in [-0.1, -0.05) is 0 Å².